The zero-order chi connectivity index (χ0) is 31.1. The van der Waals surface area contributed by atoms with E-state index >= 15 is 0 Å². The molecule has 11 nitrogen and oxygen atoms in total. The molecule has 0 amide bonds. The first kappa shape index (κ1) is 34.8. The van der Waals surface area contributed by atoms with Crippen molar-refractivity contribution in [3.05, 3.63) is 65.2 Å². The minimum absolute atomic E-state index is 0.558. The maximum atomic E-state index is 9.55. The van der Waals surface area contributed by atoms with Crippen LogP contribution in [0.1, 0.15) is 32.8 Å². The average molecular weight is 590 g/mol. The third-order valence-corrected chi connectivity index (χ3v) is 6.34. The van der Waals surface area contributed by atoms with Crippen LogP contribution in [-0.4, -0.2) is 88.3 Å². The van der Waals surface area contributed by atoms with Gasteiger partial charge in [0.15, 0.2) is 0 Å². The van der Waals surface area contributed by atoms with Crippen LogP contribution >= 0.6 is 11.6 Å². The molecule has 12 heteroatoms. The first-order valence-electron chi connectivity index (χ1n) is 12.8. The molecule has 0 bridgehead atoms. The Labute approximate surface area is 243 Å². The predicted octanol–water partition coefficient (Wildman–Crippen LogP) is 4.48. The summed E-state index contributed by atoms with van der Waals surface area (Å²) < 4.78 is 0. The topological polar surface area (TPSA) is 168 Å². The lowest BCUT2D eigenvalue weighted by molar-refractivity contribution is -0.134. The fraction of sp³-hybridized carbons (Fsp3) is 0.345. The Bertz CT molecular complexity index is 1250. The number of aliphatic carboxylic acids is 4. The van der Waals surface area contributed by atoms with Crippen LogP contribution in [0.15, 0.2) is 59.6 Å². The standard InChI is InChI=1S/C21H28ClN3.2C4H4O4/c1-5-25(6-2)13-12-15(3)14-23-21-17-9-7-8-16-18(22)10-11-19(20(16)17)24(21)4;2*5-3(6)1-2-4(7)8/h7-11,15H,5-6,12-14H2,1-4H3;2*1-2H,(H,5,6)(H,7,8)/b;2*2-1+. The van der Waals surface area contributed by atoms with Crippen LogP contribution in [0, 0.1) is 5.92 Å². The molecule has 222 valence electrons. The summed E-state index contributed by atoms with van der Waals surface area (Å²) in [7, 11) is 2.10. The number of aliphatic imine (C=N–C) groups is 1. The van der Waals surface area contributed by atoms with E-state index in [1.165, 1.54) is 23.1 Å². The third-order valence-electron chi connectivity index (χ3n) is 6.01. The molecule has 0 radical (unpaired) electrons. The van der Waals surface area contributed by atoms with Gasteiger partial charge < -0.3 is 30.2 Å². The van der Waals surface area contributed by atoms with Crippen molar-refractivity contribution in [2.45, 2.75) is 27.2 Å². The van der Waals surface area contributed by atoms with Crippen LogP contribution in [0.3, 0.4) is 0 Å². The second-order valence-corrected chi connectivity index (χ2v) is 9.37. The molecule has 0 saturated heterocycles. The van der Waals surface area contributed by atoms with Gasteiger partial charge in [0.1, 0.15) is 5.84 Å². The van der Waals surface area contributed by atoms with E-state index in [-0.39, 0.29) is 0 Å². The Hall–Kier alpha value is -4.22. The second kappa shape index (κ2) is 17.5. The molecule has 0 spiro atoms. The summed E-state index contributed by atoms with van der Waals surface area (Å²) in [6.07, 6.45) is 3.42. The summed E-state index contributed by atoms with van der Waals surface area (Å²) >= 11 is 6.39. The molecule has 1 aliphatic heterocycles. The van der Waals surface area contributed by atoms with Gasteiger partial charge in [-0.1, -0.05) is 50.6 Å². The van der Waals surface area contributed by atoms with E-state index in [4.69, 9.17) is 37.0 Å². The molecule has 1 unspecified atom stereocenters. The van der Waals surface area contributed by atoms with Crippen molar-refractivity contribution in [3.8, 4) is 0 Å². The first-order valence-corrected chi connectivity index (χ1v) is 13.2. The molecule has 0 aliphatic carbocycles. The van der Waals surface area contributed by atoms with Crippen molar-refractivity contribution >= 4 is 57.8 Å². The van der Waals surface area contributed by atoms with Gasteiger partial charge in [-0.25, -0.2) is 19.2 Å². The molecule has 2 aromatic carbocycles. The Kier molecular flexibility index (Phi) is 14.8. The van der Waals surface area contributed by atoms with Gasteiger partial charge in [-0.05, 0) is 44.1 Å². The van der Waals surface area contributed by atoms with Gasteiger partial charge in [-0.2, -0.15) is 0 Å². The smallest absolute Gasteiger partial charge is 0.328 e. The molecule has 0 saturated carbocycles. The predicted molar refractivity (Wildman–Crippen MR) is 159 cm³/mol. The maximum Gasteiger partial charge on any atom is 0.328 e. The van der Waals surface area contributed by atoms with Crippen molar-refractivity contribution in [1.29, 1.82) is 0 Å². The van der Waals surface area contributed by atoms with Crippen LogP contribution in [0.25, 0.3) is 10.8 Å². The van der Waals surface area contributed by atoms with Crippen molar-refractivity contribution in [2.24, 2.45) is 10.9 Å². The number of hydrogen-bond acceptors (Lipinski definition) is 6. The Morgan fingerprint density at radius 1 is 0.902 bits per heavy atom. The minimum atomic E-state index is -1.26. The van der Waals surface area contributed by atoms with Gasteiger partial charge in [-0.3, -0.25) is 4.99 Å². The average Bonchev–Trinajstić information content (AvgIpc) is 3.19. The summed E-state index contributed by atoms with van der Waals surface area (Å²) in [5.41, 5.74) is 2.40. The van der Waals surface area contributed by atoms with Crippen molar-refractivity contribution in [2.75, 3.05) is 38.1 Å². The van der Waals surface area contributed by atoms with E-state index in [1.807, 2.05) is 6.07 Å². The summed E-state index contributed by atoms with van der Waals surface area (Å²) in [6.45, 7) is 11.0. The fourth-order valence-corrected chi connectivity index (χ4v) is 4.09. The number of anilines is 1. The highest BCUT2D eigenvalue weighted by molar-refractivity contribution is 6.38. The lowest BCUT2D eigenvalue weighted by Crippen LogP contribution is -2.26. The van der Waals surface area contributed by atoms with Crippen molar-refractivity contribution in [1.82, 2.24) is 4.90 Å². The van der Waals surface area contributed by atoms with Gasteiger partial charge in [0.2, 0.25) is 0 Å². The van der Waals surface area contributed by atoms with Crippen LogP contribution < -0.4 is 4.90 Å². The van der Waals surface area contributed by atoms with E-state index in [0.29, 0.717) is 30.2 Å². The fourth-order valence-electron chi connectivity index (χ4n) is 3.87. The zero-order valence-electron chi connectivity index (χ0n) is 23.5. The number of amidine groups is 1. The van der Waals surface area contributed by atoms with Crippen LogP contribution in [-0.2, 0) is 19.2 Å². The number of hydrogen-bond donors (Lipinski definition) is 4. The Morgan fingerprint density at radius 3 is 1.88 bits per heavy atom. The van der Waals surface area contributed by atoms with Crippen molar-refractivity contribution < 1.29 is 39.6 Å². The van der Waals surface area contributed by atoms with E-state index in [9.17, 15) is 19.2 Å². The second-order valence-electron chi connectivity index (χ2n) is 8.96. The van der Waals surface area contributed by atoms with E-state index in [1.54, 1.807) is 0 Å². The SMILES string of the molecule is CCN(CC)CCC(C)CN=C1c2cccc3c(Cl)ccc(c23)N1C.O=C(O)/C=C/C(=O)O.O=C(O)/C=C/C(=O)O. The van der Waals surface area contributed by atoms with Crippen molar-refractivity contribution in [3.63, 3.8) is 0 Å². The van der Waals surface area contributed by atoms with Crippen LogP contribution in [0.5, 0.6) is 0 Å². The van der Waals surface area contributed by atoms with E-state index in [0.717, 1.165) is 42.4 Å². The zero-order valence-corrected chi connectivity index (χ0v) is 24.2. The first-order chi connectivity index (χ1) is 19.3. The quantitative estimate of drug-likeness (QED) is 0.274. The molecule has 3 rings (SSSR count). The number of carboxylic acid groups (broad SMARTS) is 4. The molecule has 0 aromatic heterocycles. The highest BCUT2D eigenvalue weighted by atomic mass is 35.5. The normalized spacial score (nSPS) is 13.7. The summed E-state index contributed by atoms with van der Waals surface area (Å²) in [6, 6.07) is 10.4. The molecule has 4 N–H and O–H groups in total. The lowest BCUT2D eigenvalue weighted by Gasteiger charge is -2.20. The Balaban J connectivity index is 0.000000433. The number of carboxylic acids is 4. The van der Waals surface area contributed by atoms with Gasteiger partial charge in [0, 0.05) is 59.3 Å². The Morgan fingerprint density at radius 2 is 1.41 bits per heavy atom. The molecule has 1 atom stereocenters. The van der Waals surface area contributed by atoms with Gasteiger partial charge in [0.25, 0.3) is 0 Å². The lowest BCUT2D eigenvalue weighted by atomic mass is 10.1. The summed E-state index contributed by atoms with van der Waals surface area (Å²) in [5.74, 6) is -3.38. The molecular weight excluding hydrogens is 554 g/mol. The minimum Gasteiger partial charge on any atom is -0.478 e. The molecule has 2 aromatic rings. The number of carbonyl (C=O) groups is 4. The summed E-state index contributed by atoms with van der Waals surface area (Å²) in [5, 5.41) is 34.4. The number of rotatable bonds is 11. The van der Waals surface area contributed by atoms with Gasteiger partial charge >= 0.3 is 23.9 Å². The number of benzene rings is 2. The highest BCUT2D eigenvalue weighted by Crippen LogP contribution is 2.39. The summed E-state index contributed by atoms with van der Waals surface area (Å²) in [4.78, 5) is 47.9. The van der Waals surface area contributed by atoms with Gasteiger partial charge in [0.05, 0.1) is 5.69 Å². The molecule has 1 aliphatic rings. The van der Waals surface area contributed by atoms with E-state index < -0.39 is 23.9 Å². The molecule has 1 heterocycles. The van der Waals surface area contributed by atoms with Gasteiger partial charge in [-0.15, -0.1) is 0 Å². The number of nitrogens with zero attached hydrogens (tertiary/aromatic N) is 3. The monoisotopic (exact) mass is 589 g/mol. The highest BCUT2D eigenvalue weighted by Gasteiger charge is 2.25. The molecular formula is C29H36ClN3O8. The number of halogens is 1. The third kappa shape index (κ3) is 11.8. The molecule has 0 fully saturated rings. The molecule has 41 heavy (non-hydrogen) atoms. The van der Waals surface area contributed by atoms with Crippen LogP contribution in [0.4, 0.5) is 5.69 Å². The maximum absolute atomic E-state index is 9.55. The largest absolute Gasteiger partial charge is 0.478 e. The van der Waals surface area contributed by atoms with Crippen LogP contribution in [0.2, 0.25) is 5.02 Å². The van der Waals surface area contributed by atoms with E-state index in [2.05, 4.69) is 61.9 Å².